The molecule has 2 aromatic rings. The van der Waals surface area contributed by atoms with E-state index in [0.29, 0.717) is 22.5 Å². The molecule has 11 heteroatoms. The van der Waals surface area contributed by atoms with E-state index in [-0.39, 0.29) is 24.7 Å². The number of aliphatic hydroxyl groups is 4. The van der Waals surface area contributed by atoms with E-state index in [0.717, 1.165) is 0 Å². The van der Waals surface area contributed by atoms with Gasteiger partial charge in [0.1, 0.15) is 5.82 Å². The summed E-state index contributed by atoms with van der Waals surface area (Å²) >= 11 is 0. The van der Waals surface area contributed by atoms with Gasteiger partial charge in [-0.25, -0.2) is 18.7 Å². The van der Waals surface area contributed by atoms with Crippen molar-refractivity contribution in [3.63, 3.8) is 0 Å². The van der Waals surface area contributed by atoms with E-state index in [1.165, 1.54) is 48.0 Å². The third kappa shape index (κ3) is 7.71. The lowest BCUT2D eigenvalue weighted by Gasteiger charge is -2.37. The number of nitrogens with zero attached hydrogens (tertiary/aromatic N) is 3. The minimum atomic E-state index is -3.14. The standard InChI is InChI=1S/C22H32FN3O6S/c1-13(2)20-18(10-9-16(27)11-17(28)12-19(29)30)21(14-5-7-15(23)8-6-14)25-22(24-20)26(3)33(4,31)32/h5-10,13,16-17,19,27-32H,11-12H2,1-4H3/t16-,17-/m1/s1. The molecule has 9 nitrogen and oxygen atoms in total. The molecule has 2 atom stereocenters. The van der Waals surface area contributed by atoms with Crippen molar-refractivity contribution in [2.45, 2.75) is 51.1 Å². The Kier molecular flexibility index (Phi) is 9.32. The van der Waals surface area contributed by atoms with Gasteiger partial charge in [-0.05, 0) is 30.2 Å². The summed E-state index contributed by atoms with van der Waals surface area (Å²) in [6, 6.07) is 5.63. The van der Waals surface area contributed by atoms with Crippen molar-refractivity contribution in [1.29, 1.82) is 0 Å². The Morgan fingerprint density at radius 3 is 2.15 bits per heavy atom. The van der Waals surface area contributed by atoms with Crippen molar-refractivity contribution in [3.8, 4) is 11.3 Å². The first-order chi connectivity index (χ1) is 15.3. The zero-order chi connectivity index (χ0) is 24.9. The van der Waals surface area contributed by atoms with Gasteiger partial charge in [0.15, 0.2) is 6.29 Å². The highest BCUT2D eigenvalue weighted by molar-refractivity contribution is 8.24. The van der Waals surface area contributed by atoms with Gasteiger partial charge in [0.2, 0.25) is 5.95 Å². The molecule has 2 rings (SSSR count). The molecule has 0 radical (unpaired) electrons. The Balaban J connectivity index is 2.58. The molecule has 0 saturated heterocycles. The van der Waals surface area contributed by atoms with Crippen LogP contribution in [0.25, 0.3) is 17.3 Å². The zero-order valence-corrected chi connectivity index (χ0v) is 19.8. The molecule has 0 saturated carbocycles. The largest absolute Gasteiger partial charge is 0.393 e. The van der Waals surface area contributed by atoms with Crippen molar-refractivity contribution >= 4 is 22.8 Å². The van der Waals surface area contributed by atoms with Crippen LogP contribution in [-0.2, 0) is 0 Å². The molecule has 0 amide bonds. The van der Waals surface area contributed by atoms with Gasteiger partial charge < -0.3 is 20.4 Å². The number of rotatable bonds is 10. The molecular weight excluding hydrogens is 453 g/mol. The summed E-state index contributed by atoms with van der Waals surface area (Å²) in [7, 11) is -1.69. The fraction of sp³-hybridized carbons (Fsp3) is 0.455. The van der Waals surface area contributed by atoms with Crippen molar-refractivity contribution in [2.75, 3.05) is 17.6 Å². The molecule has 0 unspecified atom stereocenters. The summed E-state index contributed by atoms with van der Waals surface area (Å²) in [4.78, 5) is 9.02. The molecular formula is C22H32FN3O6S. The van der Waals surface area contributed by atoms with Crippen LogP contribution in [0.2, 0.25) is 0 Å². The van der Waals surface area contributed by atoms with Crippen LogP contribution in [0, 0.1) is 5.82 Å². The third-order valence-corrected chi connectivity index (χ3v) is 6.11. The smallest absolute Gasteiger partial charge is 0.244 e. The van der Waals surface area contributed by atoms with E-state index in [9.17, 15) is 23.7 Å². The molecule has 0 bridgehead atoms. The molecule has 1 aromatic carbocycles. The first-order valence-electron chi connectivity index (χ1n) is 10.3. The molecule has 184 valence electrons. The van der Waals surface area contributed by atoms with Gasteiger partial charge >= 0.3 is 0 Å². The SMILES string of the molecule is CC(C)c1nc(N(C)S(C)(O)O)nc(-c2ccc(F)cc2)c1C=C[C@@H](O)C[C@@H](O)CC(O)O. The van der Waals surface area contributed by atoms with Crippen LogP contribution < -0.4 is 4.31 Å². The van der Waals surface area contributed by atoms with Crippen LogP contribution in [0.5, 0.6) is 0 Å². The first kappa shape index (κ1) is 27.1. The molecule has 0 fully saturated rings. The van der Waals surface area contributed by atoms with E-state index in [2.05, 4.69) is 9.97 Å². The normalized spacial score (nSPS) is 14.8. The number of hydrogen-bond acceptors (Lipinski definition) is 9. The van der Waals surface area contributed by atoms with E-state index < -0.39 is 35.1 Å². The highest BCUT2D eigenvalue weighted by atomic mass is 32.3. The minimum absolute atomic E-state index is 0.0746. The Bertz CT molecular complexity index is 950. The van der Waals surface area contributed by atoms with E-state index in [1.54, 1.807) is 6.08 Å². The first-order valence-corrected chi connectivity index (χ1v) is 12.3. The van der Waals surface area contributed by atoms with Gasteiger partial charge in [0.05, 0.1) is 23.6 Å². The van der Waals surface area contributed by atoms with E-state index in [1.807, 2.05) is 13.8 Å². The Labute approximate surface area is 194 Å². The number of anilines is 1. The summed E-state index contributed by atoms with van der Waals surface area (Å²) in [5, 5.41) is 38.1. The summed E-state index contributed by atoms with van der Waals surface area (Å²) in [5.41, 5.74) is 2.05. The monoisotopic (exact) mass is 485 g/mol. The Hall–Kier alpha value is -2.12. The van der Waals surface area contributed by atoms with Crippen molar-refractivity contribution in [3.05, 3.63) is 47.4 Å². The average molecular weight is 486 g/mol. The van der Waals surface area contributed by atoms with Gasteiger partial charge in [-0.3, -0.25) is 9.11 Å². The van der Waals surface area contributed by atoms with E-state index >= 15 is 0 Å². The molecule has 33 heavy (non-hydrogen) atoms. The van der Waals surface area contributed by atoms with E-state index in [4.69, 9.17) is 10.2 Å². The number of hydrogen-bond donors (Lipinski definition) is 6. The molecule has 0 spiro atoms. The second-order valence-corrected chi connectivity index (χ2v) is 10.3. The topological polar surface area (TPSA) is 150 Å². The van der Waals surface area contributed by atoms with Crippen LogP contribution >= 0.6 is 10.8 Å². The quantitative estimate of drug-likeness (QED) is 0.279. The molecule has 0 aliphatic heterocycles. The van der Waals surface area contributed by atoms with Crippen LogP contribution in [0.1, 0.15) is 43.9 Å². The van der Waals surface area contributed by atoms with Gasteiger partial charge in [0.25, 0.3) is 0 Å². The molecule has 1 aromatic heterocycles. The average Bonchev–Trinajstić information content (AvgIpc) is 2.70. The summed E-state index contributed by atoms with van der Waals surface area (Å²) in [5.74, 6) is -0.472. The van der Waals surface area contributed by atoms with Crippen molar-refractivity contribution in [1.82, 2.24) is 9.97 Å². The maximum absolute atomic E-state index is 13.5. The molecule has 6 N–H and O–H groups in total. The van der Waals surface area contributed by atoms with Crippen LogP contribution in [0.15, 0.2) is 30.3 Å². The maximum Gasteiger partial charge on any atom is 0.244 e. The fourth-order valence-corrected chi connectivity index (χ4v) is 3.50. The van der Waals surface area contributed by atoms with Crippen LogP contribution in [0.4, 0.5) is 10.3 Å². The Morgan fingerprint density at radius 2 is 1.64 bits per heavy atom. The number of halogens is 1. The highest BCUT2D eigenvalue weighted by Gasteiger charge is 2.23. The lowest BCUT2D eigenvalue weighted by molar-refractivity contribution is -0.0739. The van der Waals surface area contributed by atoms with Crippen molar-refractivity contribution < 1.29 is 33.9 Å². The number of aliphatic hydroxyl groups excluding tert-OH is 3. The maximum atomic E-state index is 13.5. The summed E-state index contributed by atoms with van der Waals surface area (Å²) in [6.45, 7) is 3.79. The Morgan fingerprint density at radius 1 is 1.03 bits per heavy atom. The number of aromatic nitrogens is 2. The summed E-state index contributed by atoms with van der Waals surface area (Å²) < 4.78 is 34.9. The number of benzene rings is 1. The van der Waals surface area contributed by atoms with Crippen LogP contribution in [0.3, 0.4) is 0 Å². The van der Waals surface area contributed by atoms with Crippen LogP contribution in [-0.4, -0.2) is 71.3 Å². The molecule has 0 aliphatic carbocycles. The lowest BCUT2D eigenvalue weighted by atomic mass is 9.97. The predicted molar refractivity (Wildman–Crippen MR) is 127 cm³/mol. The molecule has 0 aliphatic rings. The van der Waals surface area contributed by atoms with Crippen molar-refractivity contribution in [2.24, 2.45) is 0 Å². The van der Waals surface area contributed by atoms with Gasteiger partial charge in [-0.2, -0.15) is 0 Å². The lowest BCUT2D eigenvalue weighted by Crippen LogP contribution is -2.24. The highest BCUT2D eigenvalue weighted by Crippen LogP contribution is 2.41. The third-order valence-electron chi connectivity index (χ3n) is 4.91. The second-order valence-electron chi connectivity index (χ2n) is 8.16. The summed E-state index contributed by atoms with van der Waals surface area (Å²) in [6.07, 6.45) is -0.0286. The minimum Gasteiger partial charge on any atom is -0.393 e. The van der Waals surface area contributed by atoms with Gasteiger partial charge in [-0.15, -0.1) is 10.8 Å². The predicted octanol–water partition coefficient (Wildman–Crippen LogP) is 2.96. The molecule has 1 heterocycles. The fourth-order valence-electron chi connectivity index (χ4n) is 3.11. The zero-order valence-electron chi connectivity index (χ0n) is 19.0. The second kappa shape index (κ2) is 11.3. The van der Waals surface area contributed by atoms with Gasteiger partial charge in [0, 0.05) is 37.3 Å². The van der Waals surface area contributed by atoms with Gasteiger partial charge in [-0.1, -0.05) is 26.0 Å².